The summed E-state index contributed by atoms with van der Waals surface area (Å²) >= 11 is 0. The molecule has 0 radical (unpaired) electrons. The lowest BCUT2D eigenvalue weighted by molar-refractivity contribution is -0.137. The van der Waals surface area contributed by atoms with E-state index in [4.69, 9.17) is 4.74 Å². The number of aromatic nitrogens is 2. The van der Waals surface area contributed by atoms with Crippen molar-refractivity contribution in [1.82, 2.24) is 9.78 Å². The molecular weight excluding hydrogens is 347 g/mol. The quantitative estimate of drug-likeness (QED) is 0.837. The lowest BCUT2D eigenvalue weighted by Gasteiger charge is -2.14. The molecule has 142 valence electrons. The maximum absolute atomic E-state index is 12.9. The molecule has 1 aromatic heterocycles. The number of hydrogen-bond donors (Lipinski definition) is 1. The van der Waals surface area contributed by atoms with E-state index in [2.05, 4.69) is 10.4 Å². The highest BCUT2D eigenvalue weighted by atomic mass is 19.4. The van der Waals surface area contributed by atoms with Crippen LogP contribution in [0.1, 0.15) is 35.9 Å². The molecule has 5 nitrogen and oxygen atoms in total. The van der Waals surface area contributed by atoms with Crippen LogP contribution in [-0.2, 0) is 24.4 Å². The van der Waals surface area contributed by atoms with Crippen LogP contribution in [0, 0.1) is 13.8 Å². The zero-order valence-electron chi connectivity index (χ0n) is 15.2. The molecule has 8 heteroatoms. The standard InChI is InChI=1S/C18H22F3N3O2/c1-5-26-16-8-6-13(18(19,20)21)10-15(16)22-17(25)9-7-14-11(2)23-24(4)12(14)3/h6,8,10H,5,7,9H2,1-4H3,(H,22,25). The first-order chi connectivity index (χ1) is 12.1. The van der Waals surface area contributed by atoms with E-state index >= 15 is 0 Å². The van der Waals surface area contributed by atoms with E-state index in [1.54, 1.807) is 11.6 Å². The number of amides is 1. The van der Waals surface area contributed by atoms with Crippen molar-refractivity contribution in [3.63, 3.8) is 0 Å². The minimum atomic E-state index is -4.49. The highest BCUT2D eigenvalue weighted by molar-refractivity contribution is 5.92. The van der Waals surface area contributed by atoms with Crippen LogP contribution in [0.5, 0.6) is 5.75 Å². The van der Waals surface area contributed by atoms with Gasteiger partial charge in [-0.05, 0) is 51.0 Å². The summed E-state index contributed by atoms with van der Waals surface area (Å²) in [6.07, 6.45) is -3.90. The van der Waals surface area contributed by atoms with Gasteiger partial charge in [-0.2, -0.15) is 18.3 Å². The summed E-state index contributed by atoms with van der Waals surface area (Å²) in [5, 5.41) is 6.82. The van der Waals surface area contributed by atoms with Crippen molar-refractivity contribution in [2.24, 2.45) is 7.05 Å². The molecule has 0 aliphatic rings. The predicted molar refractivity (Wildman–Crippen MR) is 92.2 cm³/mol. The number of nitrogens with one attached hydrogen (secondary N) is 1. The Morgan fingerprint density at radius 1 is 1.31 bits per heavy atom. The number of nitrogens with zero attached hydrogens (tertiary/aromatic N) is 2. The second-order valence-corrected chi connectivity index (χ2v) is 5.96. The summed E-state index contributed by atoms with van der Waals surface area (Å²) < 4.78 is 45.8. The molecule has 0 saturated heterocycles. The number of aryl methyl sites for hydroxylation is 2. The van der Waals surface area contributed by atoms with E-state index in [9.17, 15) is 18.0 Å². The van der Waals surface area contributed by atoms with Gasteiger partial charge in [0, 0.05) is 19.2 Å². The largest absolute Gasteiger partial charge is 0.492 e. The third kappa shape index (κ3) is 4.56. The first kappa shape index (κ1) is 19.8. The molecule has 0 bridgehead atoms. The maximum atomic E-state index is 12.9. The number of anilines is 1. The van der Waals surface area contributed by atoms with Crippen molar-refractivity contribution in [3.05, 3.63) is 40.7 Å². The smallest absolute Gasteiger partial charge is 0.416 e. The average Bonchev–Trinajstić information content (AvgIpc) is 2.79. The fourth-order valence-electron chi connectivity index (χ4n) is 2.72. The molecule has 0 fully saturated rings. The summed E-state index contributed by atoms with van der Waals surface area (Å²) in [7, 11) is 1.82. The van der Waals surface area contributed by atoms with Crippen LogP contribution in [0.4, 0.5) is 18.9 Å². The van der Waals surface area contributed by atoms with E-state index in [0.717, 1.165) is 29.1 Å². The molecule has 0 atom stereocenters. The fourth-order valence-corrected chi connectivity index (χ4v) is 2.72. The molecular formula is C18H22F3N3O2. The number of rotatable bonds is 6. The Bertz CT molecular complexity index is 798. The molecule has 0 saturated carbocycles. The van der Waals surface area contributed by atoms with E-state index in [0.29, 0.717) is 6.42 Å². The van der Waals surface area contributed by atoms with Crippen LogP contribution in [0.15, 0.2) is 18.2 Å². The molecule has 2 aromatic rings. The van der Waals surface area contributed by atoms with Crippen LogP contribution in [0.2, 0.25) is 0 Å². The number of carbonyl (C=O) groups excluding carboxylic acids is 1. The van der Waals surface area contributed by atoms with Gasteiger partial charge in [-0.25, -0.2) is 0 Å². The Labute approximate surface area is 150 Å². The zero-order chi connectivity index (χ0) is 19.5. The van der Waals surface area contributed by atoms with Gasteiger partial charge in [-0.15, -0.1) is 0 Å². The monoisotopic (exact) mass is 369 g/mol. The van der Waals surface area contributed by atoms with Crippen molar-refractivity contribution < 1.29 is 22.7 Å². The summed E-state index contributed by atoms with van der Waals surface area (Å²) in [6.45, 7) is 5.77. The molecule has 1 N–H and O–H groups in total. The lowest BCUT2D eigenvalue weighted by atomic mass is 10.1. The fraction of sp³-hybridized carbons (Fsp3) is 0.444. The second-order valence-electron chi connectivity index (χ2n) is 5.96. The molecule has 0 spiro atoms. The number of ether oxygens (including phenoxy) is 1. The molecule has 26 heavy (non-hydrogen) atoms. The molecule has 1 amide bonds. The van der Waals surface area contributed by atoms with Crippen molar-refractivity contribution >= 4 is 11.6 Å². The third-order valence-electron chi connectivity index (χ3n) is 4.14. The minimum absolute atomic E-state index is 0.0197. The Morgan fingerprint density at radius 2 is 2.00 bits per heavy atom. The van der Waals surface area contributed by atoms with Crippen molar-refractivity contribution in [1.29, 1.82) is 0 Å². The lowest BCUT2D eigenvalue weighted by Crippen LogP contribution is -2.15. The first-order valence-corrected chi connectivity index (χ1v) is 8.26. The molecule has 0 aliphatic carbocycles. The topological polar surface area (TPSA) is 56.1 Å². The van der Waals surface area contributed by atoms with Crippen LogP contribution >= 0.6 is 0 Å². The summed E-state index contributed by atoms with van der Waals surface area (Å²) in [6, 6.07) is 3.05. The molecule has 2 rings (SSSR count). The van der Waals surface area contributed by atoms with Crippen molar-refractivity contribution in [2.75, 3.05) is 11.9 Å². The van der Waals surface area contributed by atoms with Gasteiger partial charge in [0.15, 0.2) is 0 Å². The predicted octanol–water partition coefficient (Wildman–Crippen LogP) is 4.03. The zero-order valence-corrected chi connectivity index (χ0v) is 15.2. The van der Waals surface area contributed by atoms with Gasteiger partial charge >= 0.3 is 6.18 Å². The van der Waals surface area contributed by atoms with Gasteiger partial charge in [-0.3, -0.25) is 9.48 Å². The minimum Gasteiger partial charge on any atom is -0.492 e. The van der Waals surface area contributed by atoms with Crippen molar-refractivity contribution in [2.45, 2.75) is 39.8 Å². The number of hydrogen-bond acceptors (Lipinski definition) is 3. The number of alkyl halides is 3. The summed E-state index contributed by atoms with van der Waals surface area (Å²) in [5.41, 5.74) is 1.95. The highest BCUT2D eigenvalue weighted by Gasteiger charge is 2.31. The van der Waals surface area contributed by atoms with Gasteiger partial charge in [0.25, 0.3) is 0 Å². The molecule has 0 aliphatic heterocycles. The Morgan fingerprint density at radius 3 is 2.54 bits per heavy atom. The van der Waals surface area contributed by atoms with Gasteiger partial charge in [0.05, 0.1) is 23.6 Å². The van der Waals surface area contributed by atoms with Crippen LogP contribution in [0.3, 0.4) is 0 Å². The van der Waals surface area contributed by atoms with E-state index < -0.39 is 11.7 Å². The number of carbonyl (C=O) groups is 1. The van der Waals surface area contributed by atoms with Gasteiger partial charge < -0.3 is 10.1 Å². The number of halogens is 3. The van der Waals surface area contributed by atoms with Crippen LogP contribution in [-0.4, -0.2) is 22.3 Å². The Hall–Kier alpha value is -2.51. The molecule has 1 aromatic carbocycles. The van der Waals surface area contributed by atoms with Crippen LogP contribution in [0.25, 0.3) is 0 Å². The highest BCUT2D eigenvalue weighted by Crippen LogP contribution is 2.35. The Kier molecular flexibility index (Phi) is 5.94. The van der Waals surface area contributed by atoms with Gasteiger partial charge in [-0.1, -0.05) is 0 Å². The SMILES string of the molecule is CCOc1ccc(C(F)(F)F)cc1NC(=O)CCc1c(C)nn(C)c1C. The van der Waals surface area contributed by atoms with E-state index in [-0.39, 0.29) is 30.4 Å². The van der Waals surface area contributed by atoms with Gasteiger partial charge in [0.1, 0.15) is 5.75 Å². The maximum Gasteiger partial charge on any atom is 0.416 e. The second kappa shape index (κ2) is 7.80. The van der Waals surface area contributed by atoms with E-state index in [1.807, 2.05) is 20.9 Å². The number of benzene rings is 1. The van der Waals surface area contributed by atoms with E-state index in [1.165, 1.54) is 6.07 Å². The summed E-state index contributed by atoms with van der Waals surface area (Å²) in [4.78, 5) is 12.3. The normalized spacial score (nSPS) is 11.5. The third-order valence-corrected chi connectivity index (χ3v) is 4.14. The first-order valence-electron chi connectivity index (χ1n) is 8.26. The summed E-state index contributed by atoms with van der Waals surface area (Å²) in [5.74, 6) is -0.171. The Balaban J connectivity index is 2.14. The average molecular weight is 369 g/mol. The molecule has 1 heterocycles. The van der Waals surface area contributed by atoms with Crippen molar-refractivity contribution in [3.8, 4) is 5.75 Å². The molecule has 0 unspecified atom stereocenters. The van der Waals surface area contributed by atoms with Gasteiger partial charge in [0.2, 0.25) is 5.91 Å². The van der Waals surface area contributed by atoms with Crippen LogP contribution < -0.4 is 10.1 Å².